The Bertz CT molecular complexity index is 85.1. The second-order valence-corrected chi connectivity index (χ2v) is 2.39. The van der Waals surface area contributed by atoms with Crippen LogP contribution >= 0.6 is 0 Å². The molecule has 0 bridgehead atoms. The summed E-state index contributed by atoms with van der Waals surface area (Å²) in [5.74, 6) is -2.10. The van der Waals surface area contributed by atoms with Gasteiger partial charge in [-0.3, -0.25) is 0 Å². The van der Waals surface area contributed by atoms with Crippen molar-refractivity contribution < 1.29 is 15.4 Å². The SMILES string of the molecule is CCCCCC(O)(O)NO. The maximum atomic E-state index is 8.74. The van der Waals surface area contributed by atoms with Gasteiger partial charge >= 0.3 is 0 Å². The average molecular weight is 149 g/mol. The van der Waals surface area contributed by atoms with Crippen LogP contribution in [0.15, 0.2) is 0 Å². The summed E-state index contributed by atoms with van der Waals surface area (Å²) in [6, 6.07) is 0. The van der Waals surface area contributed by atoms with Crippen LogP contribution in [-0.4, -0.2) is 21.3 Å². The minimum Gasteiger partial charge on any atom is -0.352 e. The molecule has 62 valence electrons. The third kappa shape index (κ3) is 4.69. The zero-order valence-corrected chi connectivity index (χ0v) is 6.17. The van der Waals surface area contributed by atoms with Crippen molar-refractivity contribution in [2.24, 2.45) is 0 Å². The van der Waals surface area contributed by atoms with Crippen LogP contribution < -0.4 is 5.48 Å². The number of hydrogen-bond donors (Lipinski definition) is 4. The van der Waals surface area contributed by atoms with Gasteiger partial charge in [0.2, 0.25) is 5.91 Å². The van der Waals surface area contributed by atoms with Gasteiger partial charge in [-0.05, 0) is 6.42 Å². The Labute approximate surface area is 60.5 Å². The van der Waals surface area contributed by atoms with Crippen molar-refractivity contribution in [1.82, 2.24) is 5.48 Å². The molecule has 0 saturated heterocycles. The molecule has 4 nitrogen and oxygen atoms in total. The predicted octanol–water partition coefficient (Wildman–Crippen LogP) is 0.184. The van der Waals surface area contributed by atoms with E-state index in [2.05, 4.69) is 0 Å². The fourth-order valence-corrected chi connectivity index (χ4v) is 0.677. The van der Waals surface area contributed by atoms with Gasteiger partial charge < -0.3 is 15.4 Å². The maximum absolute atomic E-state index is 8.74. The van der Waals surface area contributed by atoms with Crippen molar-refractivity contribution in [2.45, 2.75) is 38.5 Å². The first-order valence-electron chi connectivity index (χ1n) is 3.48. The molecule has 0 aliphatic carbocycles. The molecular weight excluding hydrogens is 134 g/mol. The van der Waals surface area contributed by atoms with Crippen molar-refractivity contribution in [1.29, 1.82) is 0 Å². The number of hydroxylamine groups is 1. The van der Waals surface area contributed by atoms with E-state index < -0.39 is 5.91 Å². The van der Waals surface area contributed by atoms with Gasteiger partial charge in [0.1, 0.15) is 0 Å². The number of unbranched alkanes of at least 4 members (excludes halogenated alkanes) is 2. The van der Waals surface area contributed by atoms with Crippen molar-refractivity contribution >= 4 is 0 Å². The topological polar surface area (TPSA) is 72.7 Å². The van der Waals surface area contributed by atoms with E-state index in [4.69, 9.17) is 15.4 Å². The van der Waals surface area contributed by atoms with E-state index >= 15 is 0 Å². The third-order valence-corrected chi connectivity index (χ3v) is 1.31. The Kier molecular flexibility index (Phi) is 4.55. The molecular formula is C6H15NO3. The van der Waals surface area contributed by atoms with Gasteiger partial charge in [0, 0.05) is 6.42 Å². The smallest absolute Gasteiger partial charge is 0.244 e. The van der Waals surface area contributed by atoms with Crippen LogP contribution in [0, 0.1) is 0 Å². The molecule has 0 rings (SSSR count). The summed E-state index contributed by atoms with van der Waals surface area (Å²) in [4.78, 5) is 0. The lowest BCUT2D eigenvalue weighted by Crippen LogP contribution is -2.42. The van der Waals surface area contributed by atoms with Crippen molar-refractivity contribution in [2.75, 3.05) is 0 Å². The summed E-state index contributed by atoms with van der Waals surface area (Å²) in [7, 11) is 0. The molecule has 4 N–H and O–H groups in total. The van der Waals surface area contributed by atoms with Crippen LogP contribution in [-0.2, 0) is 0 Å². The Balaban J connectivity index is 3.28. The van der Waals surface area contributed by atoms with E-state index in [0.717, 1.165) is 12.8 Å². The molecule has 0 atom stereocenters. The molecule has 0 aromatic carbocycles. The molecule has 0 unspecified atom stereocenters. The van der Waals surface area contributed by atoms with Gasteiger partial charge in [-0.15, -0.1) is 5.48 Å². The molecule has 0 aliphatic heterocycles. The summed E-state index contributed by atoms with van der Waals surface area (Å²) in [5, 5.41) is 25.6. The van der Waals surface area contributed by atoms with Crippen LogP contribution in [0.4, 0.5) is 0 Å². The van der Waals surface area contributed by atoms with Crippen molar-refractivity contribution in [3.63, 3.8) is 0 Å². The summed E-state index contributed by atoms with van der Waals surface area (Å²) >= 11 is 0. The monoisotopic (exact) mass is 149 g/mol. The second-order valence-electron chi connectivity index (χ2n) is 2.39. The predicted molar refractivity (Wildman–Crippen MR) is 36.2 cm³/mol. The van der Waals surface area contributed by atoms with Gasteiger partial charge in [0.15, 0.2) is 0 Å². The van der Waals surface area contributed by atoms with Gasteiger partial charge in [-0.2, -0.15) is 0 Å². The summed E-state index contributed by atoms with van der Waals surface area (Å²) in [6.45, 7) is 2.02. The molecule has 0 fully saturated rings. The first-order valence-corrected chi connectivity index (χ1v) is 3.48. The second kappa shape index (κ2) is 4.62. The Morgan fingerprint density at radius 1 is 1.30 bits per heavy atom. The van der Waals surface area contributed by atoms with Gasteiger partial charge in [0.05, 0.1) is 0 Å². The fraction of sp³-hybridized carbons (Fsp3) is 1.00. The third-order valence-electron chi connectivity index (χ3n) is 1.31. The van der Waals surface area contributed by atoms with E-state index in [1.54, 1.807) is 0 Å². The number of nitrogens with one attached hydrogen (secondary N) is 1. The molecule has 10 heavy (non-hydrogen) atoms. The van der Waals surface area contributed by atoms with E-state index in [-0.39, 0.29) is 6.42 Å². The number of aliphatic hydroxyl groups is 2. The Hall–Kier alpha value is -0.160. The molecule has 0 saturated carbocycles. The van der Waals surface area contributed by atoms with Crippen molar-refractivity contribution in [3.05, 3.63) is 0 Å². The molecule has 0 radical (unpaired) electrons. The molecule has 0 amide bonds. The maximum Gasteiger partial charge on any atom is 0.244 e. The fourth-order valence-electron chi connectivity index (χ4n) is 0.677. The van der Waals surface area contributed by atoms with Crippen LogP contribution in [0.5, 0.6) is 0 Å². The standard InChI is InChI=1S/C6H15NO3/c1-2-3-4-5-6(8,9)7-10/h7-10H,2-5H2,1H3. The highest BCUT2D eigenvalue weighted by molar-refractivity contribution is 4.54. The lowest BCUT2D eigenvalue weighted by atomic mass is 10.2. The molecule has 4 heteroatoms. The van der Waals surface area contributed by atoms with Crippen molar-refractivity contribution in [3.8, 4) is 0 Å². The summed E-state index contributed by atoms with van der Waals surface area (Å²) in [5.41, 5.74) is 1.41. The van der Waals surface area contributed by atoms with Crippen LogP contribution in [0.3, 0.4) is 0 Å². The summed E-state index contributed by atoms with van der Waals surface area (Å²) < 4.78 is 0. The molecule has 0 aromatic rings. The minimum absolute atomic E-state index is 0.150. The van der Waals surface area contributed by atoms with E-state index in [1.807, 2.05) is 6.92 Å². The first kappa shape index (κ1) is 9.84. The molecule has 0 heterocycles. The van der Waals surface area contributed by atoms with E-state index in [1.165, 1.54) is 5.48 Å². The van der Waals surface area contributed by atoms with Crippen LogP contribution in [0.2, 0.25) is 0 Å². The average Bonchev–Trinajstić information content (AvgIpc) is 1.89. The zero-order chi connectivity index (χ0) is 8.04. The van der Waals surface area contributed by atoms with Gasteiger partial charge in [-0.25, -0.2) is 0 Å². The highest BCUT2D eigenvalue weighted by Crippen LogP contribution is 2.07. The Morgan fingerprint density at radius 2 is 1.90 bits per heavy atom. The highest BCUT2D eigenvalue weighted by atomic mass is 16.6. The normalized spacial score (nSPS) is 12.0. The largest absolute Gasteiger partial charge is 0.352 e. The first-order chi connectivity index (χ1) is 4.62. The minimum atomic E-state index is -2.10. The highest BCUT2D eigenvalue weighted by Gasteiger charge is 2.19. The van der Waals surface area contributed by atoms with Gasteiger partial charge in [0.25, 0.3) is 0 Å². The molecule has 0 aliphatic rings. The number of rotatable bonds is 5. The lowest BCUT2D eigenvalue weighted by Gasteiger charge is -2.18. The Morgan fingerprint density at radius 3 is 2.30 bits per heavy atom. The summed E-state index contributed by atoms with van der Waals surface area (Å²) in [6.07, 6.45) is 2.79. The van der Waals surface area contributed by atoms with E-state index in [0.29, 0.717) is 6.42 Å². The molecule has 0 aromatic heterocycles. The number of hydrogen-bond acceptors (Lipinski definition) is 4. The van der Waals surface area contributed by atoms with E-state index in [9.17, 15) is 0 Å². The zero-order valence-electron chi connectivity index (χ0n) is 6.17. The quantitative estimate of drug-likeness (QED) is 0.256. The van der Waals surface area contributed by atoms with Crippen LogP contribution in [0.1, 0.15) is 32.6 Å². The lowest BCUT2D eigenvalue weighted by molar-refractivity contribution is -0.244. The molecule has 0 spiro atoms. The van der Waals surface area contributed by atoms with Crippen LogP contribution in [0.25, 0.3) is 0 Å². The van der Waals surface area contributed by atoms with Gasteiger partial charge in [-0.1, -0.05) is 19.8 Å².